The van der Waals surface area contributed by atoms with Crippen LogP contribution in [0, 0.1) is 0 Å². The number of nitrogens with zero attached hydrogens (tertiary/aromatic N) is 2. The maximum atomic E-state index is 13.1. The van der Waals surface area contributed by atoms with E-state index in [0.717, 1.165) is 23.4 Å². The first kappa shape index (κ1) is 22.1. The van der Waals surface area contributed by atoms with Crippen LogP contribution in [0.2, 0.25) is 0 Å². The minimum absolute atomic E-state index is 0.116. The van der Waals surface area contributed by atoms with Crippen molar-refractivity contribution in [3.63, 3.8) is 0 Å². The molecule has 0 aliphatic carbocycles. The van der Waals surface area contributed by atoms with Crippen LogP contribution in [0.1, 0.15) is 43.5 Å². The van der Waals surface area contributed by atoms with Crippen LogP contribution >= 0.6 is 0 Å². The minimum atomic E-state index is -4.51. The molecule has 0 radical (unpaired) electrons. The molecule has 0 saturated carbocycles. The number of alkyl halides is 3. The molecule has 162 valence electrons. The zero-order valence-corrected chi connectivity index (χ0v) is 17.4. The van der Waals surface area contributed by atoms with E-state index in [-0.39, 0.29) is 5.92 Å². The molecule has 1 aliphatic heterocycles. The van der Waals surface area contributed by atoms with E-state index >= 15 is 0 Å². The van der Waals surface area contributed by atoms with Crippen LogP contribution in [0.4, 0.5) is 18.0 Å². The van der Waals surface area contributed by atoms with Crippen LogP contribution in [0.5, 0.6) is 0 Å². The highest BCUT2D eigenvalue weighted by Crippen LogP contribution is 2.36. The van der Waals surface area contributed by atoms with Gasteiger partial charge in [-0.2, -0.15) is 13.2 Å². The van der Waals surface area contributed by atoms with Crippen LogP contribution in [-0.4, -0.2) is 41.8 Å². The highest BCUT2D eigenvalue weighted by Gasteiger charge is 2.33. The largest absolute Gasteiger partial charge is 0.444 e. The number of aromatic nitrogens is 1. The Morgan fingerprint density at radius 2 is 2.00 bits per heavy atom. The molecule has 5 nitrogen and oxygen atoms in total. The maximum Gasteiger partial charge on any atom is 0.433 e. The van der Waals surface area contributed by atoms with Crippen LogP contribution in [0.15, 0.2) is 36.5 Å². The van der Waals surface area contributed by atoms with Gasteiger partial charge in [0.05, 0.1) is 13.2 Å². The van der Waals surface area contributed by atoms with Gasteiger partial charge in [0, 0.05) is 25.7 Å². The Bertz CT molecular complexity index is 923. The molecule has 1 aliphatic rings. The van der Waals surface area contributed by atoms with Crippen molar-refractivity contribution in [1.82, 2.24) is 9.88 Å². The molecule has 0 saturated heterocycles. The van der Waals surface area contributed by atoms with Gasteiger partial charge in [-0.15, -0.1) is 0 Å². The van der Waals surface area contributed by atoms with Crippen molar-refractivity contribution in [3.8, 4) is 11.1 Å². The van der Waals surface area contributed by atoms with E-state index < -0.39 is 23.6 Å². The van der Waals surface area contributed by atoms with Gasteiger partial charge in [0.25, 0.3) is 0 Å². The molecule has 8 heteroatoms. The van der Waals surface area contributed by atoms with Crippen molar-refractivity contribution in [1.29, 1.82) is 0 Å². The first-order chi connectivity index (χ1) is 14.0. The van der Waals surface area contributed by atoms with Gasteiger partial charge in [-0.05, 0) is 55.2 Å². The zero-order chi connectivity index (χ0) is 22.1. The Balaban J connectivity index is 1.89. The number of carbonyl (C=O) groups excluding carboxylic acids is 1. The lowest BCUT2D eigenvalue weighted by Crippen LogP contribution is -2.38. The molecule has 0 bridgehead atoms. The summed E-state index contributed by atoms with van der Waals surface area (Å²) >= 11 is 0. The van der Waals surface area contributed by atoms with Gasteiger partial charge < -0.3 is 14.4 Å². The number of likely N-dealkylation sites (N-methyl/N-ethyl adjacent to an activating group) is 1. The van der Waals surface area contributed by atoms with E-state index in [4.69, 9.17) is 9.47 Å². The molecule has 1 amide bonds. The lowest BCUT2D eigenvalue weighted by Gasteiger charge is -2.31. The van der Waals surface area contributed by atoms with E-state index in [2.05, 4.69) is 4.98 Å². The number of halogens is 3. The lowest BCUT2D eigenvalue weighted by atomic mass is 9.87. The zero-order valence-electron chi connectivity index (χ0n) is 17.4. The fourth-order valence-electron chi connectivity index (χ4n) is 3.46. The summed E-state index contributed by atoms with van der Waals surface area (Å²) in [7, 11) is 1.66. The number of fused-ring (bicyclic) bond motifs is 1. The number of hydrogen-bond donors (Lipinski definition) is 0. The molecule has 2 aromatic rings. The molecule has 2 heterocycles. The Kier molecular flexibility index (Phi) is 6.08. The predicted molar refractivity (Wildman–Crippen MR) is 106 cm³/mol. The second kappa shape index (κ2) is 8.26. The van der Waals surface area contributed by atoms with Crippen molar-refractivity contribution < 1.29 is 27.4 Å². The Morgan fingerprint density at radius 3 is 2.67 bits per heavy atom. The van der Waals surface area contributed by atoms with E-state index in [1.54, 1.807) is 40.0 Å². The minimum Gasteiger partial charge on any atom is -0.444 e. The Hall–Kier alpha value is -2.61. The Morgan fingerprint density at radius 1 is 1.27 bits per heavy atom. The van der Waals surface area contributed by atoms with Gasteiger partial charge in [-0.3, -0.25) is 4.98 Å². The molecule has 3 rings (SSSR count). The summed E-state index contributed by atoms with van der Waals surface area (Å²) in [6.45, 7) is 6.47. The molecule has 0 spiro atoms. The van der Waals surface area contributed by atoms with E-state index in [1.165, 1.54) is 4.90 Å². The summed E-state index contributed by atoms with van der Waals surface area (Å²) < 4.78 is 50.4. The maximum absolute atomic E-state index is 13.1. The fraction of sp³-hybridized carbons (Fsp3) is 0.455. The van der Waals surface area contributed by atoms with Crippen molar-refractivity contribution >= 4 is 6.09 Å². The first-order valence-corrected chi connectivity index (χ1v) is 9.63. The van der Waals surface area contributed by atoms with Gasteiger partial charge in [-0.1, -0.05) is 18.2 Å². The molecular weight excluding hydrogens is 397 g/mol. The number of ether oxygens (including phenoxy) is 2. The number of pyridine rings is 1. The molecule has 1 atom stereocenters. The molecule has 0 N–H and O–H groups in total. The topological polar surface area (TPSA) is 51.7 Å². The second-order valence-electron chi connectivity index (χ2n) is 8.37. The van der Waals surface area contributed by atoms with Gasteiger partial charge in [0.2, 0.25) is 0 Å². The third-order valence-electron chi connectivity index (χ3n) is 4.78. The summed E-state index contributed by atoms with van der Waals surface area (Å²) in [6, 6.07) is 8.12. The number of benzene rings is 1. The number of carbonyl (C=O) groups is 1. The van der Waals surface area contributed by atoms with Gasteiger partial charge in [0.1, 0.15) is 11.3 Å². The summed E-state index contributed by atoms with van der Waals surface area (Å²) in [4.78, 5) is 17.2. The third-order valence-corrected chi connectivity index (χ3v) is 4.78. The standard InChI is InChI=1S/C22H25F3N2O3/c1-21(2,3)30-20(28)27(4)11-15-12-29-13-18-16(6-5-7-17(15)18)14-8-9-26-19(10-14)22(23,24)25/h5-10,15H,11-13H2,1-4H3. The molecular formula is C22H25F3N2O3. The van der Waals surface area contributed by atoms with Crippen molar-refractivity contribution in [3.05, 3.63) is 53.3 Å². The normalized spacial score (nSPS) is 16.7. The van der Waals surface area contributed by atoms with Gasteiger partial charge in [-0.25, -0.2) is 4.79 Å². The van der Waals surface area contributed by atoms with Gasteiger partial charge in [0.15, 0.2) is 0 Å². The van der Waals surface area contributed by atoms with E-state index in [0.29, 0.717) is 30.9 Å². The molecule has 1 aromatic heterocycles. The summed E-state index contributed by atoms with van der Waals surface area (Å²) in [5, 5.41) is 0. The predicted octanol–water partition coefficient (Wildman–Crippen LogP) is 5.25. The Labute approximate surface area is 173 Å². The molecule has 0 fully saturated rings. The van der Waals surface area contributed by atoms with Crippen molar-refractivity contribution in [2.24, 2.45) is 0 Å². The van der Waals surface area contributed by atoms with Crippen LogP contribution in [0.3, 0.4) is 0 Å². The average molecular weight is 422 g/mol. The van der Waals surface area contributed by atoms with Crippen molar-refractivity contribution in [2.45, 2.75) is 45.1 Å². The fourth-order valence-corrected chi connectivity index (χ4v) is 3.46. The summed E-state index contributed by atoms with van der Waals surface area (Å²) in [6.07, 6.45) is -3.79. The molecule has 1 unspecified atom stereocenters. The van der Waals surface area contributed by atoms with E-state index in [9.17, 15) is 18.0 Å². The van der Waals surface area contributed by atoms with E-state index in [1.807, 2.05) is 12.1 Å². The SMILES string of the molecule is CN(CC1COCc2c(-c3ccnc(C(F)(F)F)c3)cccc21)C(=O)OC(C)(C)C. The number of hydrogen-bond acceptors (Lipinski definition) is 4. The summed E-state index contributed by atoms with van der Waals surface area (Å²) in [5.74, 6) is -0.116. The highest BCUT2D eigenvalue weighted by atomic mass is 19.4. The number of rotatable bonds is 3. The van der Waals surface area contributed by atoms with Crippen LogP contribution in [-0.2, 0) is 22.3 Å². The summed E-state index contributed by atoms with van der Waals surface area (Å²) in [5.41, 5.74) is 1.35. The monoisotopic (exact) mass is 422 g/mol. The second-order valence-corrected chi connectivity index (χ2v) is 8.37. The third kappa shape index (κ3) is 5.11. The highest BCUT2D eigenvalue weighted by molar-refractivity contribution is 5.70. The number of amides is 1. The van der Waals surface area contributed by atoms with Crippen molar-refractivity contribution in [2.75, 3.05) is 20.2 Å². The first-order valence-electron chi connectivity index (χ1n) is 9.63. The lowest BCUT2D eigenvalue weighted by molar-refractivity contribution is -0.141. The van der Waals surface area contributed by atoms with Crippen LogP contribution < -0.4 is 0 Å². The van der Waals surface area contributed by atoms with Gasteiger partial charge >= 0.3 is 12.3 Å². The smallest absolute Gasteiger partial charge is 0.433 e. The molecule has 1 aromatic carbocycles. The van der Waals surface area contributed by atoms with Crippen LogP contribution in [0.25, 0.3) is 11.1 Å². The molecule has 30 heavy (non-hydrogen) atoms. The average Bonchev–Trinajstić information content (AvgIpc) is 2.66. The quantitative estimate of drug-likeness (QED) is 0.678.